The molecule has 94 valence electrons. The molecule has 7 nitrogen and oxygen atoms in total. The number of ether oxygens (including phenoxy) is 1. The van der Waals surface area contributed by atoms with E-state index in [-0.39, 0.29) is 6.42 Å². The van der Waals surface area contributed by atoms with Crippen molar-refractivity contribution in [2.24, 2.45) is 5.92 Å². The fourth-order valence-corrected chi connectivity index (χ4v) is 1.90. The number of rotatable bonds is 6. The number of carbonyl (C=O) groups is 1. The molecule has 3 unspecified atom stereocenters. The van der Waals surface area contributed by atoms with Gasteiger partial charge in [0, 0.05) is 13.0 Å². The molecule has 3 atom stereocenters. The molecule has 0 spiro atoms. The smallest absolute Gasteiger partial charge is 0.306 e. The van der Waals surface area contributed by atoms with Crippen LogP contribution >= 0.6 is 0 Å². The second kappa shape index (κ2) is 4.79. The second-order valence-corrected chi connectivity index (χ2v) is 4.49. The largest absolute Gasteiger partial charge is 0.481 e. The SMILES string of the molecule is COC(CC(=O)O)Cn1nnnc1C1CC1C. The molecule has 0 aromatic carbocycles. The summed E-state index contributed by atoms with van der Waals surface area (Å²) in [4.78, 5) is 10.6. The van der Waals surface area contributed by atoms with Crippen LogP contribution in [0.2, 0.25) is 0 Å². The van der Waals surface area contributed by atoms with E-state index >= 15 is 0 Å². The van der Waals surface area contributed by atoms with Gasteiger partial charge in [-0.3, -0.25) is 4.79 Å². The van der Waals surface area contributed by atoms with E-state index in [1.54, 1.807) is 4.68 Å². The van der Waals surface area contributed by atoms with Gasteiger partial charge in [-0.25, -0.2) is 4.68 Å². The zero-order valence-electron chi connectivity index (χ0n) is 9.91. The Morgan fingerprint density at radius 1 is 1.71 bits per heavy atom. The minimum Gasteiger partial charge on any atom is -0.481 e. The van der Waals surface area contributed by atoms with E-state index in [2.05, 4.69) is 22.4 Å². The van der Waals surface area contributed by atoms with E-state index in [1.165, 1.54) is 7.11 Å². The van der Waals surface area contributed by atoms with Crippen molar-refractivity contribution in [3.63, 3.8) is 0 Å². The number of hydrogen-bond acceptors (Lipinski definition) is 5. The van der Waals surface area contributed by atoms with E-state index in [0.29, 0.717) is 18.4 Å². The summed E-state index contributed by atoms with van der Waals surface area (Å²) in [5, 5.41) is 20.3. The highest BCUT2D eigenvalue weighted by atomic mass is 16.5. The predicted octanol–water partition coefficient (Wildman–Crippen LogP) is 0.286. The molecule has 0 saturated heterocycles. The molecule has 0 amide bonds. The lowest BCUT2D eigenvalue weighted by atomic mass is 10.2. The van der Waals surface area contributed by atoms with Crippen LogP contribution in [-0.2, 0) is 16.1 Å². The fraction of sp³-hybridized carbons (Fsp3) is 0.800. The highest BCUT2D eigenvalue weighted by Crippen LogP contribution is 2.45. The van der Waals surface area contributed by atoms with Gasteiger partial charge in [-0.2, -0.15) is 0 Å². The number of nitrogens with zero attached hydrogens (tertiary/aromatic N) is 4. The van der Waals surface area contributed by atoms with Crippen molar-refractivity contribution >= 4 is 5.97 Å². The first kappa shape index (κ1) is 12.0. The molecule has 1 heterocycles. The number of hydrogen-bond donors (Lipinski definition) is 1. The lowest BCUT2D eigenvalue weighted by Gasteiger charge is -2.13. The Labute approximate surface area is 98.8 Å². The first-order valence-corrected chi connectivity index (χ1v) is 5.62. The number of methoxy groups -OCH3 is 1. The summed E-state index contributed by atoms with van der Waals surface area (Å²) < 4.78 is 6.78. The molecule has 1 N–H and O–H groups in total. The van der Waals surface area contributed by atoms with E-state index in [9.17, 15) is 4.79 Å². The minimum atomic E-state index is -0.883. The van der Waals surface area contributed by atoms with Crippen molar-refractivity contribution in [3.05, 3.63) is 5.82 Å². The molecule has 1 saturated carbocycles. The van der Waals surface area contributed by atoms with Gasteiger partial charge in [0.2, 0.25) is 0 Å². The Bertz CT molecular complexity index is 406. The average Bonchev–Trinajstić information content (AvgIpc) is 2.82. The summed E-state index contributed by atoms with van der Waals surface area (Å²) in [5.41, 5.74) is 0. The van der Waals surface area contributed by atoms with Crippen LogP contribution in [0.5, 0.6) is 0 Å². The van der Waals surface area contributed by atoms with Crippen LogP contribution in [0.1, 0.15) is 31.5 Å². The molecule has 1 aliphatic carbocycles. The molecule has 1 fully saturated rings. The summed E-state index contributed by atoms with van der Waals surface area (Å²) in [5.74, 6) is 0.976. The van der Waals surface area contributed by atoms with Gasteiger partial charge in [0.15, 0.2) is 5.82 Å². The van der Waals surface area contributed by atoms with E-state index < -0.39 is 12.1 Å². The zero-order valence-corrected chi connectivity index (χ0v) is 9.91. The van der Waals surface area contributed by atoms with Crippen LogP contribution in [0.25, 0.3) is 0 Å². The third-order valence-electron chi connectivity index (χ3n) is 3.11. The number of tetrazole rings is 1. The Hall–Kier alpha value is -1.50. The van der Waals surface area contributed by atoms with Gasteiger partial charge >= 0.3 is 5.97 Å². The molecule has 17 heavy (non-hydrogen) atoms. The Kier molecular flexibility index (Phi) is 3.37. The van der Waals surface area contributed by atoms with Gasteiger partial charge in [0.05, 0.1) is 19.1 Å². The molecule has 0 radical (unpaired) electrons. The molecule has 1 aliphatic rings. The highest BCUT2D eigenvalue weighted by Gasteiger charge is 2.38. The minimum absolute atomic E-state index is 0.0456. The highest BCUT2D eigenvalue weighted by molar-refractivity contribution is 5.67. The van der Waals surface area contributed by atoms with Crippen molar-refractivity contribution < 1.29 is 14.6 Å². The normalized spacial score (nSPS) is 24.6. The maximum Gasteiger partial charge on any atom is 0.306 e. The molecule has 1 aromatic rings. The molecule has 0 bridgehead atoms. The van der Waals surface area contributed by atoms with E-state index in [4.69, 9.17) is 9.84 Å². The fourth-order valence-electron chi connectivity index (χ4n) is 1.90. The second-order valence-electron chi connectivity index (χ2n) is 4.49. The quantitative estimate of drug-likeness (QED) is 0.768. The lowest BCUT2D eigenvalue weighted by molar-refractivity contribution is -0.140. The van der Waals surface area contributed by atoms with Crippen molar-refractivity contribution in [1.82, 2.24) is 20.2 Å². The molecule has 1 aromatic heterocycles. The molecular formula is C10H16N4O3. The summed E-state index contributed by atoms with van der Waals surface area (Å²) in [6, 6.07) is 0. The summed E-state index contributed by atoms with van der Waals surface area (Å²) in [7, 11) is 1.50. The van der Waals surface area contributed by atoms with Crippen molar-refractivity contribution in [2.75, 3.05) is 7.11 Å². The van der Waals surface area contributed by atoms with Crippen LogP contribution in [0.4, 0.5) is 0 Å². The van der Waals surface area contributed by atoms with Crippen molar-refractivity contribution in [2.45, 2.75) is 38.3 Å². The van der Waals surface area contributed by atoms with Gasteiger partial charge in [0.1, 0.15) is 0 Å². The summed E-state index contributed by atoms with van der Waals surface area (Å²) in [6.45, 7) is 2.53. The van der Waals surface area contributed by atoms with Gasteiger partial charge in [0.25, 0.3) is 0 Å². The first-order valence-electron chi connectivity index (χ1n) is 5.62. The molecule has 0 aliphatic heterocycles. The van der Waals surface area contributed by atoms with E-state index in [0.717, 1.165) is 12.2 Å². The van der Waals surface area contributed by atoms with Crippen molar-refractivity contribution in [1.29, 1.82) is 0 Å². The van der Waals surface area contributed by atoms with Gasteiger partial charge in [-0.05, 0) is 22.8 Å². The van der Waals surface area contributed by atoms with Crippen molar-refractivity contribution in [3.8, 4) is 0 Å². The predicted molar refractivity (Wildman–Crippen MR) is 57.4 cm³/mol. The zero-order chi connectivity index (χ0) is 12.4. The number of aromatic nitrogens is 4. The Morgan fingerprint density at radius 2 is 2.41 bits per heavy atom. The Morgan fingerprint density at radius 3 is 2.94 bits per heavy atom. The molecule has 2 rings (SSSR count). The average molecular weight is 240 g/mol. The number of carboxylic acid groups (broad SMARTS) is 1. The summed E-state index contributed by atoms with van der Waals surface area (Å²) in [6.07, 6.45) is 0.649. The van der Waals surface area contributed by atoms with Crippen LogP contribution in [-0.4, -0.2) is 44.5 Å². The monoisotopic (exact) mass is 240 g/mol. The van der Waals surface area contributed by atoms with Crippen LogP contribution in [0.15, 0.2) is 0 Å². The molecular weight excluding hydrogens is 224 g/mol. The number of carboxylic acids is 1. The van der Waals surface area contributed by atoms with Gasteiger partial charge in [-0.1, -0.05) is 6.92 Å². The van der Waals surface area contributed by atoms with Crippen LogP contribution < -0.4 is 0 Å². The Balaban J connectivity index is 2.02. The first-order chi connectivity index (χ1) is 8.11. The third-order valence-corrected chi connectivity index (χ3v) is 3.11. The third kappa shape index (κ3) is 2.79. The van der Waals surface area contributed by atoms with Crippen LogP contribution in [0, 0.1) is 5.92 Å². The molecule has 7 heteroatoms. The van der Waals surface area contributed by atoms with Gasteiger partial charge in [-0.15, -0.1) is 5.10 Å². The standard InChI is InChI=1S/C10H16N4O3/c1-6-3-8(6)10-11-12-13-14(10)5-7(17-2)4-9(15)16/h6-8H,3-5H2,1-2H3,(H,15,16). The summed E-state index contributed by atoms with van der Waals surface area (Å²) >= 11 is 0. The number of aliphatic carboxylic acids is 1. The lowest BCUT2D eigenvalue weighted by Crippen LogP contribution is -2.24. The maximum absolute atomic E-state index is 10.6. The van der Waals surface area contributed by atoms with Gasteiger partial charge < -0.3 is 9.84 Å². The topological polar surface area (TPSA) is 90.1 Å². The van der Waals surface area contributed by atoms with Crippen LogP contribution in [0.3, 0.4) is 0 Å². The maximum atomic E-state index is 10.6. The van der Waals surface area contributed by atoms with E-state index in [1.807, 2.05) is 0 Å².